The average Bonchev–Trinajstić information content (AvgIpc) is 2.70. The Morgan fingerprint density at radius 2 is 2.05 bits per heavy atom. The zero-order valence-corrected chi connectivity index (χ0v) is 14.8. The minimum atomic E-state index is 0.429. The molecule has 0 amide bonds. The fraction of sp³-hybridized carbons (Fsp3) is 0.750. The molecule has 1 unspecified atom stereocenters. The fourth-order valence-corrected chi connectivity index (χ4v) is 5.16. The molecule has 1 aliphatic carbocycles. The van der Waals surface area contributed by atoms with Gasteiger partial charge in [0.15, 0.2) is 0 Å². The summed E-state index contributed by atoms with van der Waals surface area (Å²) in [6, 6.07) is 2.86. The van der Waals surface area contributed by atoms with Crippen molar-refractivity contribution in [3.05, 3.63) is 20.3 Å². The molecule has 1 saturated carbocycles. The van der Waals surface area contributed by atoms with Gasteiger partial charge in [-0.15, -0.1) is 11.3 Å². The van der Waals surface area contributed by atoms with Crippen LogP contribution in [0.15, 0.2) is 9.85 Å². The molecule has 1 aromatic heterocycles. The first kappa shape index (κ1) is 15.5. The van der Waals surface area contributed by atoms with Crippen LogP contribution in [-0.4, -0.2) is 6.54 Å². The molecule has 3 heteroatoms. The van der Waals surface area contributed by atoms with Crippen LogP contribution < -0.4 is 5.32 Å². The number of hydrogen-bond acceptors (Lipinski definition) is 2. The van der Waals surface area contributed by atoms with Gasteiger partial charge in [0.25, 0.3) is 0 Å². The average molecular weight is 344 g/mol. The maximum absolute atomic E-state index is 3.84. The van der Waals surface area contributed by atoms with E-state index in [2.05, 4.69) is 48.1 Å². The molecule has 0 aliphatic heterocycles. The Kier molecular flexibility index (Phi) is 5.50. The van der Waals surface area contributed by atoms with Crippen molar-refractivity contribution < 1.29 is 0 Å². The van der Waals surface area contributed by atoms with Gasteiger partial charge in [0.2, 0.25) is 0 Å². The van der Waals surface area contributed by atoms with Crippen LogP contribution in [0.25, 0.3) is 0 Å². The van der Waals surface area contributed by atoms with Crippen molar-refractivity contribution >= 4 is 27.3 Å². The maximum atomic E-state index is 3.84. The number of halogens is 1. The van der Waals surface area contributed by atoms with E-state index in [1.54, 1.807) is 0 Å². The van der Waals surface area contributed by atoms with E-state index < -0.39 is 0 Å². The quantitative estimate of drug-likeness (QED) is 0.708. The minimum Gasteiger partial charge on any atom is -0.309 e. The highest BCUT2D eigenvalue weighted by Gasteiger charge is 2.37. The van der Waals surface area contributed by atoms with Crippen molar-refractivity contribution in [1.29, 1.82) is 0 Å². The molecule has 1 heterocycles. The third kappa shape index (κ3) is 3.62. The predicted octanol–water partition coefficient (Wildman–Crippen LogP) is 5.83. The van der Waals surface area contributed by atoms with E-state index >= 15 is 0 Å². The SMILES string of the molecule is CCCNC(c1cc(Br)sc1C)C1(C)CCCCC1. The van der Waals surface area contributed by atoms with Crippen molar-refractivity contribution in [2.45, 2.75) is 65.3 Å². The standard InChI is InChI=1S/C16H26BrNS/c1-4-10-18-15(13-11-14(17)19-12(13)2)16(3)8-6-5-7-9-16/h11,15,18H,4-10H2,1-3H3. The van der Waals surface area contributed by atoms with Crippen molar-refractivity contribution in [1.82, 2.24) is 5.32 Å². The molecule has 1 nitrogen and oxygen atoms in total. The van der Waals surface area contributed by atoms with Crippen LogP contribution in [0.2, 0.25) is 0 Å². The van der Waals surface area contributed by atoms with Crippen molar-refractivity contribution in [3.63, 3.8) is 0 Å². The van der Waals surface area contributed by atoms with E-state index in [0.29, 0.717) is 11.5 Å². The topological polar surface area (TPSA) is 12.0 Å². The highest BCUT2D eigenvalue weighted by atomic mass is 79.9. The highest BCUT2D eigenvalue weighted by Crippen LogP contribution is 2.47. The number of rotatable bonds is 5. The molecule has 0 spiro atoms. The Hall–Kier alpha value is 0.140. The van der Waals surface area contributed by atoms with E-state index in [0.717, 1.165) is 6.54 Å². The van der Waals surface area contributed by atoms with Gasteiger partial charge in [0, 0.05) is 10.9 Å². The molecule has 1 aromatic rings. The molecule has 1 atom stereocenters. The highest BCUT2D eigenvalue weighted by molar-refractivity contribution is 9.11. The van der Waals surface area contributed by atoms with E-state index in [-0.39, 0.29) is 0 Å². The summed E-state index contributed by atoms with van der Waals surface area (Å²) in [6.45, 7) is 8.12. The lowest BCUT2D eigenvalue weighted by Gasteiger charge is -2.41. The molecule has 1 N–H and O–H groups in total. The summed E-state index contributed by atoms with van der Waals surface area (Å²) in [4.78, 5) is 1.47. The van der Waals surface area contributed by atoms with Crippen LogP contribution >= 0.6 is 27.3 Å². The Balaban J connectivity index is 2.26. The third-order valence-electron chi connectivity index (χ3n) is 4.53. The first-order chi connectivity index (χ1) is 9.07. The lowest BCUT2D eigenvalue weighted by molar-refractivity contribution is 0.144. The van der Waals surface area contributed by atoms with Crippen molar-refractivity contribution in [2.75, 3.05) is 6.54 Å². The Morgan fingerprint density at radius 1 is 1.37 bits per heavy atom. The number of thiophene rings is 1. The zero-order chi connectivity index (χ0) is 13.9. The Morgan fingerprint density at radius 3 is 2.58 bits per heavy atom. The van der Waals surface area contributed by atoms with Gasteiger partial charge < -0.3 is 5.32 Å². The molecule has 0 radical (unpaired) electrons. The summed E-state index contributed by atoms with van der Waals surface area (Å²) >= 11 is 5.52. The van der Waals surface area contributed by atoms with Gasteiger partial charge in [-0.05, 0) is 65.7 Å². The summed E-state index contributed by atoms with van der Waals surface area (Å²) in [6.07, 6.45) is 8.14. The number of nitrogens with one attached hydrogen (secondary N) is 1. The molecular weight excluding hydrogens is 318 g/mol. The monoisotopic (exact) mass is 343 g/mol. The van der Waals surface area contributed by atoms with Crippen LogP contribution in [0.3, 0.4) is 0 Å². The smallest absolute Gasteiger partial charge is 0.0704 e. The first-order valence-corrected chi connectivity index (χ1v) is 9.17. The predicted molar refractivity (Wildman–Crippen MR) is 89.0 cm³/mol. The van der Waals surface area contributed by atoms with E-state index in [9.17, 15) is 0 Å². The van der Waals surface area contributed by atoms with Gasteiger partial charge in [0.1, 0.15) is 0 Å². The second-order valence-corrected chi connectivity index (χ2v) is 8.80. The molecule has 0 bridgehead atoms. The zero-order valence-electron chi connectivity index (χ0n) is 12.4. The minimum absolute atomic E-state index is 0.429. The second kappa shape index (κ2) is 6.73. The van der Waals surface area contributed by atoms with E-state index in [1.807, 2.05) is 11.3 Å². The van der Waals surface area contributed by atoms with Crippen molar-refractivity contribution in [3.8, 4) is 0 Å². The molecule has 108 valence electrons. The van der Waals surface area contributed by atoms with Gasteiger partial charge in [-0.2, -0.15) is 0 Å². The summed E-state index contributed by atoms with van der Waals surface area (Å²) in [5.74, 6) is 0. The van der Waals surface area contributed by atoms with Crippen LogP contribution in [0, 0.1) is 12.3 Å². The van der Waals surface area contributed by atoms with Gasteiger partial charge >= 0.3 is 0 Å². The van der Waals surface area contributed by atoms with Crippen LogP contribution in [0.5, 0.6) is 0 Å². The normalized spacial score (nSPS) is 20.4. The van der Waals surface area contributed by atoms with Gasteiger partial charge in [-0.3, -0.25) is 0 Å². The third-order valence-corrected chi connectivity index (χ3v) is 6.10. The Labute approximate surface area is 130 Å². The molecule has 1 fully saturated rings. The number of aryl methyl sites for hydroxylation is 1. The lowest BCUT2D eigenvalue weighted by atomic mass is 9.68. The summed E-state index contributed by atoms with van der Waals surface area (Å²) in [5.41, 5.74) is 1.95. The van der Waals surface area contributed by atoms with E-state index in [4.69, 9.17) is 0 Å². The molecular formula is C16H26BrNS. The molecule has 19 heavy (non-hydrogen) atoms. The van der Waals surface area contributed by atoms with Crippen molar-refractivity contribution in [2.24, 2.45) is 5.41 Å². The van der Waals surface area contributed by atoms with Crippen LogP contribution in [0.4, 0.5) is 0 Å². The molecule has 2 rings (SSSR count). The van der Waals surface area contributed by atoms with Gasteiger partial charge in [-0.1, -0.05) is 33.1 Å². The van der Waals surface area contributed by atoms with Crippen LogP contribution in [-0.2, 0) is 0 Å². The van der Waals surface area contributed by atoms with Gasteiger partial charge in [-0.25, -0.2) is 0 Å². The van der Waals surface area contributed by atoms with Crippen LogP contribution in [0.1, 0.15) is 68.9 Å². The largest absolute Gasteiger partial charge is 0.309 e. The molecule has 0 saturated heterocycles. The lowest BCUT2D eigenvalue weighted by Crippen LogP contribution is -2.38. The maximum Gasteiger partial charge on any atom is 0.0704 e. The second-order valence-electron chi connectivity index (χ2n) is 6.16. The summed E-state index contributed by atoms with van der Waals surface area (Å²) < 4.78 is 1.27. The Bertz CT molecular complexity index is 407. The first-order valence-electron chi connectivity index (χ1n) is 7.56. The van der Waals surface area contributed by atoms with Gasteiger partial charge in [0.05, 0.1) is 3.79 Å². The fourth-order valence-electron chi connectivity index (χ4n) is 3.41. The molecule has 0 aromatic carbocycles. The summed E-state index contributed by atoms with van der Waals surface area (Å²) in [5, 5.41) is 3.84. The summed E-state index contributed by atoms with van der Waals surface area (Å²) in [7, 11) is 0. The molecule has 1 aliphatic rings. The van der Waals surface area contributed by atoms with E-state index in [1.165, 1.54) is 52.8 Å². The number of hydrogen-bond donors (Lipinski definition) is 1.